The van der Waals surface area contributed by atoms with Gasteiger partial charge in [-0.15, -0.1) is 0 Å². The Balaban J connectivity index is 1.78. The normalized spacial score (nSPS) is 11.1. The van der Waals surface area contributed by atoms with Gasteiger partial charge in [0.15, 0.2) is 17.1 Å². The second-order valence-electron chi connectivity index (χ2n) is 7.04. The summed E-state index contributed by atoms with van der Waals surface area (Å²) in [6, 6.07) is 20.9. The molecular formula is C23H15N5O3. The fraction of sp³-hybridized carbons (Fsp3) is 0.0435. The quantitative estimate of drug-likeness (QED) is 0.241. The SMILES string of the molecule is CC(=O)c1ccc(-n2c(-c3ccc([N+](=O)[O-])cc3)nc3nc4ccccc4nc32)cc1. The van der Waals surface area contributed by atoms with E-state index in [-0.39, 0.29) is 11.5 Å². The van der Waals surface area contributed by atoms with Gasteiger partial charge in [-0.3, -0.25) is 19.5 Å². The molecule has 150 valence electrons. The maximum absolute atomic E-state index is 11.7. The van der Waals surface area contributed by atoms with Gasteiger partial charge in [-0.05, 0) is 55.5 Å². The Labute approximate surface area is 176 Å². The van der Waals surface area contributed by atoms with Crippen molar-refractivity contribution in [3.05, 3.63) is 88.5 Å². The standard InChI is InChI=1S/C23H15N5O3/c1-14(29)15-6-10-17(11-7-15)27-22(16-8-12-18(13-9-16)28(30)31)26-21-23(27)25-20-5-3-2-4-19(20)24-21/h2-13H,1H3. The number of carbonyl (C=O) groups excluding carboxylic acids is 1. The molecule has 2 aromatic heterocycles. The van der Waals surface area contributed by atoms with E-state index in [4.69, 9.17) is 9.97 Å². The molecular weight excluding hydrogens is 394 g/mol. The summed E-state index contributed by atoms with van der Waals surface area (Å²) in [5.74, 6) is 0.527. The third kappa shape index (κ3) is 3.20. The number of nitro groups is 1. The maximum atomic E-state index is 11.7. The lowest BCUT2D eigenvalue weighted by atomic mass is 10.1. The van der Waals surface area contributed by atoms with E-state index < -0.39 is 4.92 Å². The highest BCUT2D eigenvalue weighted by Gasteiger charge is 2.18. The van der Waals surface area contributed by atoms with Gasteiger partial charge in [-0.25, -0.2) is 15.0 Å². The zero-order valence-electron chi connectivity index (χ0n) is 16.4. The van der Waals surface area contributed by atoms with Crippen LogP contribution < -0.4 is 0 Å². The zero-order valence-corrected chi connectivity index (χ0v) is 16.4. The summed E-state index contributed by atoms with van der Waals surface area (Å²) in [6.07, 6.45) is 0. The summed E-state index contributed by atoms with van der Waals surface area (Å²) in [4.78, 5) is 36.4. The molecule has 0 unspecified atom stereocenters. The van der Waals surface area contributed by atoms with Gasteiger partial charge in [0, 0.05) is 28.9 Å². The van der Waals surface area contributed by atoms with Crippen LogP contribution in [-0.2, 0) is 0 Å². The minimum Gasteiger partial charge on any atom is -0.295 e. The summed E-state index contributed by atoms with van der Waals surface area (Å²) >= 11 is 0. The van der Waals surface area contributed by atoms with Crippen LogP contribution in [0.15, 0.2) is 72.8 Å². The first-order valence-electron chi connectivity index (χ1n) is 9.53. The number of para-hydroxylation sites is 2. The molecule has 8 nitrogen and oxygen atoms in total. The van der Waals surface area contributed by atoms with Gasteiger partial charge in [-0.2, -0.15) is 0 Å². The van der Waals surface area contributed by atoms with E-state index in [9.17, 15) is 14.9 Å². The number of hydrogen-bond acceptors (Lipinski definition) is 6. The van der Waals surface area contributed by atoms with Gasteiger partial charge < -0.3 is 0 Å². The first kappa shape index (κ1) is 18.6. The van der Waals surface area contributed by atoms with Crippen LogP contribution in [0.5, 0.6) is 0 Å². The van der Waals surface area contributed by atoms with Gasteiger partial charge in [0.25, 0.3) is 5.69 Å². The topological polar surface area (TPSA) is 104 Å². The third-order valence-electron chi connectivity index (χ3n) is 5.04. The highest BCUT2D eigenvalue weighted by molar-refractivity contribution is 5.94. The molecule has 2 heterocycles. The van der Waals surface area contributed by atoms with Crippen LogP contribution in [0.3, 0.4) is 0 Å². The second-order valence-corrected chi connectivity index (χ2v) is 7.04. The van der Waals surface area contributed by atoms with Gasteiger partial charge in [0.2, 0.25) is 0 Å². The van der Waals surface area contributed by atoms with Crippen LogP contribution in [0.4, 0.5) is 5.69 Å². The molecule has 0 N–H and O–H groups in total. The smallest absolute Gasteiger partial charge is 0.269 e. The number of imidazole rings is 1. The van der Waals surface area contributed by atoms with E-state index >= 15 is 0 Å². The van der Waals surface area contributed by atoms with Gasteiger partial charge in [-0.1, -0.05) is 12.1 Å². The fourth-order valence-electron chi connectivity index (χ4n) is 3.47. The van der Waals surface area contributed by atoms with E-state index in [0.29, 0.717) is 28.2 Å². The number of nitro benzene ring substituents is 1. The summed E-state index contributed by atoms with van der Waals surface area (Å²) in [5, 5.41) is 11.0. The Morgan fingerprint density at radius 2 is 1.52 bits per heavy atom. The molecule has 0 aliphatic heterocycles. The Kier molecular flexibility index (Phi) is 4.25. The molecule has 5 rings (SSSR count). The summed E-state index contributed by atoms with van der Waals surface area (Å²) in [5.41, 5.74) is 4.51. The second kappa shape index (κ2) is 7.10. The molecule has 0 bridgehead atoms. The minimum absolute atomic E-state index is 0.000731. The van der Waals surface area contributed by atoms with Crippen molar-refractivity contribution in [3.63, 3.8) is 0 Å². The molecule has 8 heteroatoms. The lowest BCUT2D eigenvalue weighted by molar-refractivity contribution is -0.384. The van der Waals surface area contributed by atoms with Crippen molar-refractivity contribution >= 4 is 33.8 Å². The summed E-state index contributed by atoms with van der Waals surface area (Å²) in [6.45, 7) is 1.52. The lowest BCUT2D eigenvalue weighted by Gasteiger charge is -2.09. The average Bonchev–Trinajstić information content (AvgIpc) is 3.15. The summed E-state index contributed by atoms with van der Waals surface area (Å²) in [7, 11) is 0. The van der Waals surface area contributed by atoms with E-state index in [0.717, 1.165) is 16.7 Å². The van der Waals surface area contributed by atoms with E-state index in [1.165, 1.54) is 19.1 Å². The van der Waals surface area contributed by atoms with E-state index in [2.05, 4.69) is 4.98 Å². The molecule has 31 heavy (non-hydrogen) atoms. The molecule has 0 atom stereocenters. The van der Waals surface area contributed by atoms with E-state index in [1.807, 2.05) is 41.0 Å². The van der Waals surface area contributed by atoms with Crippen molar-refractivity contribution in [3.8, 4) is 17.1 Å². The predicted molar refractivity (Wildman–Crippen MR) is 116 cm³/mol. The number of nitrogens with zero attached hydrogens (tertiary/aromatic N) is 5. The molecule has 0 radical (unpaired) electrons. The molecule has 0 fully saturated rings. The summed E-state index contributed by atoms with van der Waals surface area (Å²) < 4.78 is 1.85. The van der Waals surface area contributed by atoms with Crippen molar-refractivity contribution in [2.45, 2.75) is 6.92 Å². The van der Waals surface area contributed by atoms with Crippen molar-refractivity contribution in [1.82, 2.24) is 19.5 Å². The van der Waals surface area contributed by atoms with Crippen molar-refractivity contribution in [1.29, 1.82) is 0 Å². The Bertz CT molecular complexity index is 1470. The van der Waals surface area contributed by atoms with Crippen LogP contribution in [0.2, 0.25) is 0 Å². The van der Waals surface area contributed by atoms with Crippen molar-refractivity contribution in [2.75, 3.05) is 0 Å². The maximum Gasteiger partial charge on any atom is 0.269 e. The number of carbonyl (C=O) groups is 1. The van der Waals surface area contributed by atoms with Crippen molar-refractivity contribution in [2.24, 2.45) is 0 Å². The van der Waals surface area contributed by atoms with Crippen molar-refractivity contribution < 1.29 is 9.72 Å². The van der Waals surface area contributed by atoms with E-state index in [1.54, 1.807) is 24.3 Å². The highest BCUT2D eigenvalue weighted by atomic mass is 16.6. The van der Waals surface area contributed by atoms with Crippen LogP contribution in [0.1, 0.15) is 17.3 Å². The molecule has 0 amide bonds. The number of non-ortho nitro benzene ring substituents is 1. The van der Waals surface area contributed by atoms with Crippen LogP contribution in [-0.4, -0.2) is 30.2 Å². The number of fused-ring (bicyclic) bond motifs is 2. The molecule has 0 spiro atoms. The largest absolute Gasteiger partial charge is 0.295 e. The average molecular weight is 409 g/mol. The monoisotopic (exact) mass is 409 g/mol. The Morgan fingerprint density at radius 3 is 2.13 bits per heavy atom. The fourth-order valence-corrected chi connectivity index (χ4v) is 3.47. The highest BCUT2D eigenvalue weighted by Crippen LogP contribution is 2.29. The van der Waals surface area contributed by atoms with Gasteiger partial charge in [0.05, 0.1) is 16.0 Å². The Hall–Kier alpha value is -4.46. The number of Topliss-reactive ketones (excluding diaryl/α,β-unsaturated/α-hetero) is 1. The van der Waals surface area contributed by atoms with Crippen LogP contribution >= 0.6 is 0 Å². The minimum atomic E-state index is -0.441. The van der Waals surface area contributed by atoms with Crippen LogP contribution in [0.25, 0.3) is 39.4 Å². The number of benzene rings is 3. The number of rotatable bonds is 4. The molecule has 0 aliphatic rings. The zero-order chi connectivity index (χ0) is 21.5. The molecule has 5 aromatic rings. The molecule has 0 saturated heterocycles. The van der Waals surface area contributed by atoms with Gasteiger partial charge >= 0.3 is 0 Å². The third-order valence-corrected chi connectivity index (χ3v) is 5.04. The van der Waals surface area contributed by atoms with Gasteiger partial charge in [0.1, 0.15) is 5.82 Å². The predicted octanol–water partition coefficient (Wildman–Crippen LogP) is 4.75. The Morgan fingerprint density at radius 1 is 0.871 bits per heavy atom. The number of hydrogen-bond donors (Lipinski definition) is 0. The molecule has 0 saturated carbocycles. The number of aromatic nitrogens is 4. The molecule has 0 aliphatic carbocycles. The molecule has 3 aromatic carbocycles. The lowest BCUT2D eigenvalue weighted by Crippen LogP contribution is -2.00. The first-order valence-corrected chi connectivity index (χ1v) is 9.53. The van der Waals surface area contributed by atoms with Crippen LogP contribution in [0, 0.1) is 10.1 Å². The number of ketones is 1. The first-order chi connectivity index (χ1) is 15.0.